The number of amidine groups is 1. The second-order valence-corrected chi connectivity index (χ2v) is 15.5. The quantitative estimate of drug-likeness (QED) is 0.102. The van der Waals surface area contributed by atoms with Crippen LogP contribution in [0.25, 0.3) is 0 Å². The van der Waals surface area contributed by atoms with Gasteiger partial charge in [-0.25, -0.2) is 0 Å². The summed E-state index contributed by atoms with van der Waals surface area (Å²) in [5, 5.41) is 12.5. The van der Waals surface area contributed by atoms with E-state index in [9.17, 15) is 0 Å². The Labute approximate surface area is 316 Å². The van der Waals surface area contributed by atoms with Crippen molar-refractivity contribution in [3.05, 3.63) is 226 Å². The fourth-order valence-corrected chi connectivity index (χ4v) is 9.30. The molecule has 6 unspecified atom stereocenters. The van der Waals surface area contributed by atoms with Crippen molar-refractivity contribution in [1.29, 1.82) is 5.41 Å². The second-order valence-electron chi connectivity index (χ2n) is 14.4. The van der Waals surface area contributed by atoms with E-state index in [1.807, 2.05) is 30.3 Å². The van der Waals surface area contributed by atoms with E-state index < -0.39 is 0 Å². The summed E-state index contributed by atoms with van der Waals surface area (Å²) >= 11 is 1.41. The van der Waals surface area contributed by atoms with Crippen LogP contribution in [0.15, 0.2) is 203 Å². The Hall–Kier alpha value is -5.49. The van der Waals surface area contributed by atoms with Crippen LogP contribution in [0, 0.1) is 17.2 Å². The van der Waals surface area contributed by atoms with Crippen LogP contribution in [0.4, 0.5) is 0 Å². The molecule has 0 amide bonds. The maximum atomic E-state index is 8.53. The van der Waals surface area contributed by atoms with E-state index in [2.05, 4.69) is 145 Å². The molecule has 53 heavy (non-hydrogen) atoms. The van der Waals surface area contributed by atoms with Gasteiger partial charge in [-0.05, 0) is 52.3 Å². The summed E-state index contributed by atoms with van der Waals surface area (Å²) in [6.45, 7) is 0. The SMILES string of the molecule is N=C(SC(N)C1=CCC(C2=CC3c4ccccc4C4CC(C5=CC(c6ccccc6)N=C(c6ccccc6)N5)=CC=C4C3C=C2)C=C1)c1ccccc1. The molecule has 0 fully saturated rings. The topological polar surface area (TPSA) is 74.3 Å². The monoisotopic (exact) mass is 706 g/mol. The Bertz CT molecular complexity index is 2290. The van der Waals surface area contributed by atoms with E-state index in [4.69, 9.17) is 16.1 Å². The normalized spacial score (nSPS) is 24.7. The van der Waals surface area contributed by atoms with E-state index in [1.165, 1.54) is 45.2 Å². The summed E-state index contributed by atoms with van der Waals surface area (Å²) in [6.07, 6.45) is 23.0. The highest BCUT2D eigenvalue weighted by atomic mass is 32.2. The van der Waals surface area contributed by atoms with Crippen molar-refractivity contribution in [3.63, 3.8) is 0 Å². The van der Waals surface area contributed by atoms with Crippen molar-refractivity contribution >= 4 is 22.6 Å². The molecule has 0 bridgehead atoms. The van der Waals surface area contributed by atoms with Crippen molar-refractivity contribution in [2.45, 2.75) is 36.1 Å². The predicted molar refractivity (Wildman–Crippen MR) is 221 cm³/mol. The summed E-state index contributed by atoms with van der Waals surface area (Å²) in [5.41, 5.74) is 19.1. The van der Waals surface area contributed by atoms with Crippen molar-refractivity contribution in [2.75, 3.05) is 0 Å². The number of nitrogens with two attached hydrogens (primary N) is 1. The van der Waals surface area contributed by atoms with Gasteiger partial charge in [0, 0.05) is 40.5 Å². The fraction of sp³-hybridized carbons (Fsp3) is 0.167. The number of nitrogens with zero attached hydrogens (tertiary/aromatic N) is 1. The molecule has 4 aliphatic carbocycles. The summed E-state index contributed by atoms with van der Waals surface area (Å²) in [7, 11) is 0. The van der Waals surface area contributed by atoms with E-state index in [0.717, 1.165) is 41.1 Å². The second kappa shape index (κ2) is 14.5. The lowest BCUT2D eigenvalue weighted by atomic mass is 9.62. The van der Waals surface area contributed by atoms with Gasteiger partial charge in [0.05, 0.1) is 16.5 Å². The Kier molecular flexibility index (Phi) is 9.12. The minimum absolute atomic E-state index is 0.0567. The molecule has 0 saturated heterocycles. The smallest absolute Gasteiger partial charge is 0.133 e. The first-order valence-corrected chi connectivity index (χ1v) is 19.5. The van der Waals surface area contributed by atoms with Gasteiger partial charge < -0.3 is 11.1 Å². The number of aliphatic imine (C=N–C) groups is 1. The van der Waals surface area contributed by atoms with Crippen molar-refractivity contribution in [2.24, 2.45) is 22.6 Å². The third kappa shape index (κ3) is 6.67. The molecule has 260 valence electrons. The van der Waals surface area contributed by atoms with Crippen molar-refractivity contribution < 1.29 is 0 Å². The molecule has 1 heterocycles. The molecule has 0 saturated carbocycles. The van der Waals surface area contributed by atoms with Crippen LogP contribution in [-0.2, 0) is 0 Å². The maximum Gasteiger partial charge on any atom is 0.133 e. The zero-order valence-corrected chi connectivity index (χ0v) is 30.3. The Morgan fingerprint density at radius 1 is 0.774 bits per heavy atom. The lowest BCUT2D eigenvalue weighted by Crippen LogP contribution is -2.32. The zero-order chi connectivity index (χ0) is 35.7. The molecular formula is C48H42N4S. The molecule has 4 aromatic rings. The average molecular weight is 707 g/mol. The highest BCUT2D eigenvalue weighted by Gasteiger charge is 2.40. The number of rotatable bonds is 7. The number of fused-ring (bicyclic) bond motifs is 6. The number of hydrogen-bond acceptors (Lipinski definition) is 5. The van der Waals surface area contributed by atoms with Crippen LogP contribution in [0.3, 0.4) is 0 Å². The molecule has 9 rings (SSSR count). The summed E-state index contributed by atoms with van der Waals surface area (Å²) in [5.74, 6) is 2.17. The number of hydrogen-bond donors (Lipinski definition) is 3. The van der Waals surface area contributed by atoms with Gasteiger partial charge in [0.25, 0.3) is 0 Å². The highest BCUT2D eigenvalue weighted by Crippen LogP contribution is 2.53. The lowest BCUT2D eigenvalue weighted by molar-refractivity contribution is 0.537. The Morgan fingerprint density at radius 2 is 1.49 bits per heavy atom. The van der Waals surface area contributed by atoms with Gasteiger partial charge in [0.15, 0.2) is 0 Å². The first kappa shape index (κ1) is 33.4. The van der Waals surface area contributed by atoms with Crippen molar-refractivity contribution in [3.8, 4) is 0 Å². The zero-order valence-electron chi connectivity index (χ0n) is 29.5. The molecule has 4 N–H and O–H groups in total. The third-order valence-electron chi connectivity index (χ3n) is 11.2. The average Bonchev–Trinajstić information content (AvgIpc) is 3.24. The minimum atomic E-state index is -0.264. The van der Waals surface area contributed by atoms with E-state index in [1.54, 1.807) is 0 Å². The largest absolute Gasteiger partial charge is 0.340 e. The molecule has 4 nitrogen and oxygen atoms in total. The molecule has 1 aliphatic heterocycles. The molecule has 6 atom stereocenters. The van der Waals surface area contributed by atoms with Crippen LogP contribution in [0.5, 0.6) is 0 Å². The number of thioether (sulfide) groups is 1. The standard InChI is InChI=1S/C48H42N4S/c49-46(33-14-6-2-7-15-33)53-47(50)34-22-20-31(21-23-34)36-24-26-40-41-27-25-37(29-43(41)39-19-11-10-18-38(39)42(40)28-36)45-30-44(32-12-4-1-5-13-32)51-48(52-45)35-16-8-3-9-17-35/h1-20,22-28,30-31,40,42-44,47,49H,21,29,50H2,(H,51,52). The maximum absolute atomic E-state index is 8.53. The summed E-state index contributed by atoms with van der Waals surface area (Å²) in [4.78, 5) is 5.17. The van der Waals surface area contributed by atoms with E-state index in [0.29, 0.717) is 28.7 Å². The van der Waals surface area contributed by atoms with E-state index >= 15 is 0 Å². The fourth-order valence-electron chi connectivity index (χ4n) is 8.47. The summed E-state index contributed by atoms with van der Waals surface area (Å²) in [6, 6.07) is 39.9. The van der Waals surface area contributed by atoms with Gasteiger partial charge in [-0.2, -0.15) is 0 Å². The Morgan fingerprint density at radius 3 is 2.25 bits per heavy atom. The molecule has 0 radical (unpaired) electrons. The van der Waals surface area contributed by atoms with Crippen molar-refractivity contribution in [1.82, 2.24) is 5.32 Å². The van der Waals surface area contributed by atoms with Crippen LogP contribution in [-0.4, -0.2) is 16.3 Å². The first-order valence-electron chi connectivity index (χ1n) is 18.6. The molecule has 5 heteroatoms. The van der Waals surface area contributed by atoms with Crippen LogP contribution in [0.2, 0.25) is 0 Å². The van der Waals surface area contributed by atoms with Gasteiger partial charge in [-0.15, -0.1) is 0 Å². The number of nitrogens with one attached hydrogen (secondary N) is 2. The van der Waals surface area contributed by atoms with Gasteiger partial charge in [-0.1, -0.05) is 181 Å². The molecular weight excluding hydrogens is 665 g/mol. The Balaban J connectivity index is 0.966. The minimum Gasteiger partial charge on any atom is -0.340 e. The van der Waals surface area contributed by atoms with Crippen LogP contribution >= 0.6 is 11.8 Å². The molecule has 0 aromatic heterocycles. The molecule has 0 spiro atoms. The van der Waals surface area contributed by atoms with Crippen LogP contribution in [0.1, 0.15) is 58.5 Å². The number of allylic oxidation sites excluding steroid dienone is 10. The lowest BCUT2D eigenvalue weighted by Gasteiger charge is -2.42. The van der Waals surface area contributed by atoms with Crippen LogP contribution < -0.4 is 11.1 Å². The first-order chi connectivity index (χ1) is 26.1. The van der Waals surface area contributed by atoms with Gasteiger partial charge in [0.1, 0.15) is 5.84 Å². The number of benzene rings is 4. The van der Waals surface area contributed by atoms with Gasteiger partial charge in [0.2, 0.25) is 0 Å². The van der Waals surface area contributed by atoms with Gasteiger partial charge in [-0.3, -0.25) is 10.4 Å². The van der Waals surface area contributed by atoms with Gasteiger partial charge >= 0.3 is 0 Å². The summed E-state index contributed by atoms with van der Waals surface area (Å²) < 4.78 is 0. The molecule has 4 aromatic carbocycles. The van der Waals surface area contributed by atoms with E-state index in [-0.39, 0.29) is 11.4 Å². The highest BCUT2D eigenvalue weighted by molar-refractivity contribution is 8.14. The molecule has 5 aliphatic rings. The predicted octanol–water partition coefficient (Wildman–Crippen LogP) is 10.5. The third-order valence-corrected chi connectivity index (χ3v) is 12.2.